The molecule has 186 valence electrons. The van der Waals surface area contributed by atoms with Crippen LogP contribution in [0.5, 0.6) is 5.75 Å². The van der Waals surface area contributed by atoms with Gasteiger partial charge < -0.3 is 4.74 Å². The molecule has 4 rings (SSSR count). The molecule has 0 saturated carbocycles. The molecule has 0 saturated heterocycles. The Bertz CT molecular complexity index is 1650. The van der Waals surface area contributed by atoms with Crippen LogP contribution in [0.4, 0.5) is 0 Å². The molecule has 3 aromatic heterocycles. The van der Waals surface area contributed by atoms with Crippen molar-refractivity contribution in [1.82, 2.24) is 14.1 Å². The average Bonchev–Trinajstić information content (AvgIpc) is 3.39. The van der Waals surface area contributed by atoms with Crippen LogP contribution in [0.25, 0.3) is 26.9 Å². The molecule has 3 heterocycles. The van der Waals surface area contributed by atoms with Crippen molar-refractivity contribution in [2.24, 2.45) is 4.99 Å². The number of fused-ring (bicyclic) bond motifs is 1. The predicted octanol–water partition coefficient (Wildman–Crippen LogP) is 4.65. The lowest BCUT2D eigenvalue weighted by Gasteiger charge is -2.07. The van der Waals surface area contributed by atoms with Crippen LogP contribution in [0.3, 0.4) is 0 Å². The van der Waals surface area contributed by atoms with Crippen LogP contribution < -0.4 is 16.0 Å². The maximum Gasteiger partial charge on any atom is 0.335 e. The summed E-state index contributed by atoms with van der Waals surface area (Å²) in [5, 5.41) is 18.6. The van der Waals surface area contributed by atoms with Gasteiger partial charge in [-0.1, -0.05) is 44.2 Å². The van der Waals surface area contributed by atoms with Crippen LogP contribution in [0.1, 0.15) is 31.5 Å². The van der Waals surface area contributed by atoms with Gasteiger partial charge in [-0.15, -0.1) is 11.3 Å². The second-order valence-corrected chi connectivity index (χ2v) is 8.26. The number of ether oxygens (including phenoxy) is 1. The molecule has 0 spiro atoms. The SMILES string of the molecule is CC.COc1cnc(C#N)c(-c2cc3c(s2)c(=O)n(/C=C/N=Cc2ccccc2)c(=O)n3CCC#N)c1. The minimum absolute atomic E-state index is 0.0818. The highest BCUT2D eigenvalue weighted by molar-refractivity contribution is 7.22. The maximum absolute atomic E-state index is 13.2. The van der Waals surface area contributed by atoms with Gasteiger partial charge in [0.25, 0.3) is 5.56 Å². The van der Waals surface area contributed by atoms with Gasteiger partial charge in [0.1, 0.15) is 22.2 Å². The number of aryl methyl sites for hydroxylation is 1. The molecule has 0 fully saturated rings. The fourth-order valence-electron chi connectivity index (χ4n) is 3.41. The molecule has 0 N–H and O–H groups in total. The Hall–Kier alpha value is -4.80. The fourth-order valence-corrected chi connectivity index (χ4v) is 4.53. The lowest BCUT2D eigenvalue weighted by atomic mass is 10.1. The zero-order valence-electron chi connectivity index (χ0n) is 20.6. The Morgan fingerprint density at radius 3 is 2.59 bits per heavy atom. The van der Waals surface area contributed by atoms with Gasteiger partial charge in [0.2, 0.25) is 0 Å². The van der Waals surface area contributed by atoms with Crippen molar-refractivity contribution in [3.8, 4) is 28.3 Å². The van der Waals surface area contributed by atoms with Crippen molar-refractivity contribution >= 4 is 34.0 Å². The quantitative estimate of drug-likeness (QED) is 0.332. The summed E-state index contributed by atoms with van der Waals surface area (Å²) >= 11 is 1.14. The smallest absolute Gasteiger partial charge is 0.335 e. The Balaban J connectivity index is 0.00000186. The normalized spacial score (nSPS) is 10.7. The van der Waals surface area contributed by atoms with E-state index in [4.69, 9.17) is 10.00 Å². The number of benzene rings is 1. The maximum atomic E-state index is 13.2. The number of rotatable bonds is 7. The third-order valence-electron chi connectivity index (χ3n) is 5.10. The Kier molecular flexibility index (Phi) is 9.25. The van der Waals surface area contributed by atoms with Crippen molar-refractivity contribution in [3.63, 3.8) is 0 Å². The number of nitriles is 2. The minimum atomic E-state index is -0.586. The van der Waals surface area contributed by atoms with Crippen molar-refractivity contribution < 1.29 is 4.74 Å². The molecule has 4 aromatic rings. The van der Waals surface area contributed by atoms with Crippen LogP contribution in [0.15, 0.2) is 69.4 Å². The summed E-state index contributed by atoms with van der Waals surface area (Å²) in [6.45, 7) is 4.10. The van der Waals surface area contributed by atoms with Gasteiger partial charge in [0.05, 0.1) is 31.3 Å². The van der Waals surface area contributed by atoms with E-state index < -0.39 is 11.2 Å². The van der Waals surface area contributed by atoms with E-state index in [1.807, 2.05) is 56.3 Å². The standard InChI is InChI=1S/C25H18N6O3S.C2H6/c1-34-18-12-19(20(14-27)29-16-18)22-13-21-23(35-22)24(32)31(25(33)30(21)10-5-8-26)11-9-28-15-17-6-3-2-4-7-17;1-2/h2-4,6-7,9,11-13,15-16H,5,10H2,1H3;1-2H3/b11-9+,28-15?;. The zero-order valence-corrected chi connectivity index (χ0v) is 21.4. The molecule has 0 aliphatic rings. The molecule has 1 aromatic carbocycles. The number of aliphatic imine (C=N–C) groups is 1. The van der Waals surface area contributed by atoms with Crippen LogP contribution in [0.2, 0.25) is 0 Å². The van der Waals surface area contributed by atoms with Gasteiger partial charge in [0, 0.05) is 35.6 Å². The molecule has 0 atom stereocenters. The van der Waals surface area contributed by atoms with E-state index in [9.17, 15) is 14.9 Å². The van der Waals surface area contributed by atoms with E-state index in [1.165, 1.54) is 30.3 Å². The number of thiophene rings is 1. The first-order chi connectivity index (χ1) is 18.1. The second kappa shape index (κ2) is 12.8. The summed E-state index contributed by atoms with van der Waals surface area (Å²) in [4.78, 5) is 35.3. The number of aromatic nitrogens is 3. The largest absolute Gasteiger partial charge is 0.495 e. The lowest BCUT2D eigenvalue weighted by molar-refractivity contribution is 0.413. The molecular formula is C27H24N6O3S. The average molecular weight is 513 g/mol. The number of hydrogen-bond donors (Lipinski definition) is 0. The first-order valence-corrected chi connectivity index (χ1v) is 12.2. The van der Waals surface area contributed by atoms with E-state index in [0.717, 1.165) is 21.5 Å². The van der Waals surface area contributed by atoms with Gasteiger partial charge in [-0.25, -0.2) is 14.3 Å². The van der Waals surface area contributed by atoms with Crippen LogP contribution >= 0.6 is 11.3 Å². The first kappa shape index (κ1) is 26.8. The highest BCUT2D eigenvalue weighted by Gasteiger charge is 2.18. The third kappa shape index (κ3) is 5.89. The molecule has 9 nitrogen and oxygen atoms in total. The Morgan fingerprint density at radius 2 is 1.92 bits per heavy atom. The lowest BCUT2D eigenvalue weighted by Crippen LogP contribution is -2.36. The van der Waals surface area contributed by atoms with Gasteiger partial charge in [0.15, 0.2) is 0 Å². The molecule has 0 unspecified atom stereocenters. The first-order valence-electron chi connectivity index (χ1n) is 11.4. The molecule has 0 bridgehead atoms. The number of pyridine rings is 1. The summed E-state index contributed by atoms with van der Waals surface area (Å²) in [5.74, 6) is 0.454. The van der Waals surface area contributed by atoms with Crippen molar-refractivity contribution in [2.75, 3.05) is 7.11 Å². The Labute approximate surface area is 217 Å². The summed E-state index contributed by atoms with van der Waals surface area (Å²) in [5.41, 5.74) is 0.807. The molecule has 37 heavy (non-hydrogen) atoms. The highest BCUT2D eigenvalue weighted by atomic mass is 32.1. The molecule has 0 amide bonds. The number of methoxy groups -OCH3 is 1. The van der Waals surface area contributed by atoms with Gasteiger partial charge in [-0.05, 0) is 17.7 Å². The monoisotopic (exact) mass is 512 g/mol. The molecular weight excluding hydrogens is 488 g/mol. The van der Waals surface area contributed by atoms with Crippen molar-refractivity contribution in [3.05, 3.63) is 87.0 Å². The second-order valence-electron chi connectivity index (χ2n) is 7.21. The Morgan fingerprint density at radius 1 is 1.16 bits per heavy atom. The molecule has 10 heteroatoms. The zero-order chi connectivity index (χ0) is 26.8. The topological polar surface area (TPSA) is 126 Å². The van der Waals surface area contributed by atoms with Crippen LogP contribution in [-0.2, 0) is 6.54 Å². The van der Waals surface area contributed by atoms with Gasteiger partial charge >= 0.3 is 5.69 Å². The van der Waals surface area contributed by atoms with Gasteiger partial charge in [-0.2, -0.15) is 10.5 Å². The van der Waals surface area contributed by atoms with Crippen molar-refractivity contribution in [2.45, 2.75) is 26.8 Å². The number of hydrogen-bond acceptors (Lipinski definition) is 8. The van der Waals surface area contributed by atoms with Crippen LogP contribution in [0, 0.1) is 22.7 Å². The third-order valence-corrected chi connectivity index (χ3v) is 6.24. The number of nitrogens with zero attached hydrogens (tertiary/aromatic N) is 6. The van der Waals surface area contributed by atoms with Gasteiger partial charge in [-0.3, -0.25) is 14.4 Å². The summed E-state index contributed by atoms with van der Waals surface area (Å²) in [6, 6.07) is 16.8. The van der Waals surface area contributed by atoms with E-state index in [0.29, 0.717) is 26.4 Å². The highest BCUT2D eigenvalue weighted by Crippen LogP contribution is 2.34. The van der Waals surface area contributed by atoms with E-state index in [-0.39, 0.29) is 18.7 Å². The van der Waals surface area contributed by atoms with E-state index in [2.05, 4.69) is 9.98 Å². The molecule has 0 aliphatic carbocycles. The van der Waals surface area contributed by atoms with E-state index in [1.54, 1.807) is 18.3 Å². The van der Waals surface area contributed by atoms with E-state index >= 15 is 0 Å². The fraction of sp³-hybridized carbons (Fsp3) is 0.185. The molecule has 0 aliphatic heterocycles. The van der Waals surface area contributed by atoms with Crippen molar-refractivity contribution in [1.29, 1.82) is 10.5 Å². The summed E-state index contributed by atoms with van der Waals surface area (Å²) < 4.78 is 7.88. The molecule has 0 radical (unpaired) electrons. The van der Waals surface area contributed by atoms with Crippen LogP contribution in [-0.4, -0.2) is 27.4 Å². The summed E-state index contributed by atoms with van der Waals surface area (Å²) in [7, 11) is 1.49. The minimum Gasteiger partial charge on any atom is -0.495 e. The predicted molar refractivity (Wildman–Crippen MR) is 146 cm³/mol. The summed E-state index contributed by atoms with van der Waals surface area (Å²) in [6.07, 6.45) is 5.80.